The first kappa shape index (κ1) is 16.6. The van der Waals surface area contributed by atoms with Gasteiger partial charge >= 0.3 is 0 Å². The van der Waals surface area contributed by atoms with E-state index in [9.17, 15) is 4.79 Å². The van der Waals surface area contributed by atoms with Gasteiger partial charge in [-0.05, 0) is 40.2 Å². The second-order valence-corrected chi connectivity index (χ2v) is 5.75. The van der Waals surface area contributed by atoms with Gasteiger partial charge in [0.15, 0.2) is 11.5 Å². The van der Waals surface area contributed by atoms with E-state index in [1.54, 1.807) is 38.5 Å². The Bertz CT molecular complexity index is 691. The van der Waals surface area contributed by atoms with Gasteiger partial charge in [0.05, 0.1) is 19.8 Å². The predicted octanol–water partition coefficient (Wildman–Crippen LogP) is 4.05. The van der Waals surface area contributed by atoms with Crippen molar-refractivity contribution in [3.05, 3.63) is 57.0 Å². The van der Waals surface area contributed by atoms with Crippen molar-refractivity contribution >= 4 is 33.4 Å². The number of methoxy groups -OCH3 is 2. The summed E-state index contributed by atoms with van der Waals surface area (Å²) < 4.78 is 11.3. The standard InChI is InChI=1S/C16H15BrClNO3/c1-21-14-5-3-4-10(15(14)22-2)9-19-16(20)12-8-11(18)6-7-13(12)17/h3-8H,9H2,1-2H3,(H,19,20). The van der Waals surface area contributed by atoms with E-state index in [1.165, 1.54) is 0 Å². The van der Waals surface area contributed by atoms with Gasteiger partial charge in [-0.1, -0.05) is 23.7 Å². The minimum absolute atomic E-state index is 0.223. The van der Waals surface area contributed by atoms with Crippen molar-refractivity contribution in [2.24, 2.45) is 0 Å². The lowest BCUT2D eigenvalue weighted by atomic mass is 10.1. The lowest BCUT2D eigenvalue weighted by molar-refractivity contribution is 0.0950. The molecule has 0 aliphatic heterocycles. The SMILES string of the molecule is COc1cccc(CNC(=O)c2cc(Cl)ccc2Br)c1OC. The highest BCUT2D eigenvalue weighted by atomic mass is 79.9. The molecule has 6 heteroatoms. The third-order valence-electron chi connectivity index (χ3n) is 3.10. The molecule has 0 aromatic heterocycles. The Hall–Kier alpha value is -1.72. The highest BCUT2D eigenvalue weighted by molar-refractivity contribution is 9.10. The minimum Gasteiger partial charge on any atom is -0.493 e. The van der Waals surface area contributed by atoms with E-state index < -0.39 is 0 Å². The van der Waals surface area contributed by atoms with Crippen LogP contribution in [0.15, 0.2) is 40.9 Å². The number of carbonyl (C=O) groups excluding carboxylic acids is 1. The van der Waals surface area contributed by atoms with Gasteiger partial charge < -0.3 is 14.8 Å². The number of nitrogens with one attached hydrogen (secondary N) is 1. The maximum Gasteiger partial charge on any atom is 0.252 e. The summed E-state index contributed by atoms with van der Waals surface area (Å²) in [4.78, 5) is 12.3. The largest absolute Gasteiger partial charge is 0.493 e. The molecule has 0 aliphatic carbocycles. The van der Waals surface area contributed by atoms with Gasteiger partial charge in [-0.2, -0.15) is 0 Å². The number of hydrogen-bond acceptors (Lipinski definition) is 3. The molecule has 0 aliphatic rings. The van der Waals surface area contributed by atoms with Crippen LogP contribution in [0.1, 0.15) is 15.9 Å². The molecular weight excluding hydrogens is 370 g/mol. The molecule has 0 bridgehead atoms. The Balaban J connectivity index is 2.16. The average molecular weight is 385 g/mol. The van der Waals surface area contributed by atoms with E-state index in [1.807, 2.05) is 12.1 Å². The third-order valence-corrected chi connectivity index (χ3v) is 4.02. The van der Waals surface area contributed by atoms with E-state index in [-0.39, 0.29) is 5.91 Å². The molecule has 0 heterocycles. The molecule has 0 saturated heterocycles. The lowest BCUT2D eigenvalue weighted by Gasteiger charge is -2.13. The molecule has 1 N–H and O–H groups in total. The van der Waals surface area contributed by atoms with Gasteiger partial charge in [-0.15, -0.1) is 0 Å². The summed E-state index contributed by atoms with van der Waals surface area (Å²) in [6.45, 7) is 0.318. The first-order valence-electron chi connectivity index (χ1n) is 6.50. The summed E-state index contributed by atoms with van der Waals surface area (Å²) in [6.07, 6.45) is 0. The van der Waals surface area contributed by atoms with Gasteiger partial charge in [-0.25, -0.2) is 0 Å². The van der Waals surface area contributed by atoms with E-state index >= 15 is 0 Å². The van der Waals surface area contributed by atoms with Crippen LogP contribution in [0.4, 0.5) is 0 Å². The second-order valence-electron chi connectivity index (χ2n) is 4.46. The number of ether oxygens (including phenoxy) is 2. The van der Waals surface area contributed by atoms with Crippen LogP contribution in [0.25, 0.3) is 0 Å². The van der Waals surface area contributed by atoms with Crippen LogP contribution in [0.3, 0.4) is 0 Å². The third kappa shape index (κ3) is 3.72. The number of carbonyl (C=O) groups is 1. The summed E-state index contributed by atoms with van der Waals surface area (Å²) in [5, 5.41) is 3.35. The summed E-state index contributed by atoms with van der Waals surface area (Å²) in [6, 6.07) is 10.6. The Morgan fingerprint density at radius 3 is 2.68 bits per heavy atom. The molecular formula is C16H15BrClNO3. The fourth-order valence-electron chi connectivity index (χ4n) is 2.04. The van der Waals surface area contributed by atoms with Crippen LogP contribution in [0, 0.1) is 0 Å². The maximum absolute atomic E-state index is 12.3. The van der Waals surface area contributed by atoms with Crippen LogP contribution in [0.5, 0.6) is 11.5 Å². The Labute approximate surface area is 142 Å². The van der Waals surface area contributed by atoms with Crippen molar-refractivity contribution in [1.29, 1.82) is 0 Å². The molecule has 0 spiro atoms. The normalized spacial score (nSPS) is 10.2. The zero-order chi connectivity index (χ0) is 16.1. The molecule has 2 rings (SSSR count). The van der Waals surface area contributed by atoms with Gasteiger partial charge in [0.25, 0.3) is 5.91 Å². The van der Waals surface area contributed by atoms with Crippen molar-refractivity contribution in [3.8, 4) is 11.5 Å². The lowest BCUT2D eigenvalue weighted by Crippen LogP contribution is -2.23. The highest BCUT2D eigenvalue weighted by Crippen LogP contribution is 2.30. The summed E-state index contributed by atoms with van der Waals surface area (Å²) in [7, 11) is 3.14. The van der Waals surface area contributed by atoms with Crippen molar-refractivity contribution in [1.82, 2.24) is 5.32 Å². The van der Waals surface area contributed by atoms with Crippen LogP contribution in [0.2, 0.25) is 5.02 Å². The van der Waals surface area contributed by atoms with Crippen LogP contribution in [-0.2, 0) is 6.54 Å². The summed E-state index contributed by atoms with van der Waals surface area (Å²) in [5.41, 5.74) is 1.31. The van der Waals surface area contributed by atoms with Crippen LogP contribution < -0.4 is 14.8 Å². The van der Waals surface area contributed by atoms with Crippen molar-refractivity contribution in [3.63, 3.8) is 0 Å². The van der Waals surface area contributed by atoms with Crippen molar-refractivity contribution < 1.29 is 14.3 Å². The molecule has 2 aromatic rings. The van der Waals surface area contributed by atoms with Gasteiger partial charge in [-0.3, -0.25) is 4.79 Å². The Morgan fingerprint density at radius 1 is 1.23 bits per heavy atom. The minimum atomic E-state index is -0.223. The maximum atomic E-state index is 12.3. The van der Waals surface area contributed by atoms with E-state index in [0.717, 1.165) is 5.56 Å². The molecule has 0 radical (unpaired) electrons. The molecule has 22 heavy (non-hydrogen) atoms. The van der Waals surface area contributed by atoms with Gasteiger partial charge in [0.2, 0.25) is 0 Å². The fraction of sp³-hybridized carbons (Fsp3) is 0.188. The smallest absolute Gasteiger partial charge is 0.252 e. The van der Waals surface area contributed by atoms with Gasteiger partial charge in [0, 0.05) is 21.6 Å². The number of rotatable bonds is 5. The highest BCUT2D eigenvalue weighted by Gasteiger charge is 2.13. The van der Waals surface area contributed by atoms with E-state index in [4.69, 9.17) is 21.1 Å². The van der Waals surface area contributed by atoms with Crippen LogP contribution in [-0.4, -0.2) is 20.1 Å². The topological polar surface area (TPSA) is 47.6 Å². The molecule has 0 unspecified atom stereocenters. The molecule has 0 saturated carbocycles. The van der Waals surface area contributed by atoms with E-state index in [0.29, 0.717) is 33.1 Å². The fourth-order valence-corrected chi connectivity index (χ4v) is 2.63. The number of amides is 1. The second kappa shape index (κ2) is 7.51. The zero-order valence-electron chi connectivity index (χ0n) is 12.2. The van der Waals surface area contributed by atoms with E-state index in [2.05, 4.69) is 21.2 Å². The molecule has 116 valence electrons. The summed E-state index contributed by atoms with van der Waals surface area (Å²) in [5.74, 6) is 1.01. The quantitative estimate of drug-likeness (QED) is 0.846. The van der Waals surface area contributed by atoms with Gasteiger partial charge in [0.1, 0.15) is 0 Å². The Kier molecular flexibility index (Phi) is 5.69. The Morgan fingerprint density at radius 2 is 2.00 bits per heavy atom. The predicted molar refractivity (Wildman–Crippen MR) is 89.9 cm³/mol. The average Bonchev–Trinajstić information content (AvgIpc) is 2.54. The molecule has 2 aromatic carbocycles. The molecule has 4 nitrogen and oxygen atoms in total. The number of benzene rings is 2. The van der Waals surface area contributed by atoms with Crippen molar-refractivity contribution in [2.75, 3.05) is 14.2 Å². The monoisotopic (exact) mass is 383 g/mol. The number of para-hydroxylation sites is 1. The molecule has 0 fully saturated rings. The summed E-state index contributed by atoms with van der Waals surface area (Å²) >= 11 is 9.27. The number of hydrogen-bond donors (Lipinski definition) is 1. The van der Waals surface area contributed by atoms with Crippen LogP contribution >= 0.6 is 27.5 Å². The molecule has 0 atom stereocenters. The first-order chi connectivity index (χ1) is 10.6. The number of halogens is 2. The first-order valence-corrected chi connectivity index (χ1v) is 7.67. The zero-order valence-corrected chi connectivity index (χ0v) is 14.5. The van der Waals surface area contributed by atoms with Crippen molar-refractivity contribution in [2.45, 2.75) is 6.54 Å². The molecule has 1 amide bonds.